The number of hydrogen-bond donors (Lipinski definition) is 5. The number of methoxy groups -OCH3 is 1. The number of amides is 1. The van der Waals surface area contributed by atoms with E-state index in [1.165, 1.54) is 54.5 Å². The lowest BCUT2D eigenvalue weighted by Gasteiger charge is -2.48. The van der Waals surface area contributed by atoms with Gasteiger partial charge in [-0.3, -0.25) is 4.79 Å². The van der Waals surface area contributed by atoms with Crippen LogP contribution in [-0.2, 0) is 24.1 Å². The number of phenols is 1. The number of nitrogens with zero attached hydrogens (tertiary/aromatic N) is 1. The van der Waals surface area contributed by atoms with Crippen LogP contribution >= 0.6 is 0 Å². The van der Waals surface area contributed by atoms with Gasteiger partial charge in [-0.1, -0.05) is 54.6 Å². The molecule has 4 aromatic rings. The molecule has 6 rings (SSSR count). The van der Waals surface area contributed by atoms with E-state index in [0.717, 1.165) is 0 Å². The summed E-state index contributed by atoms with van der Waals surface area (Å²) in [5.74, 6) is -2.25. The van der Waals surface area contributed by atoms with Crippen molar-refractivity contribution in [3.8, 4) is 16.9 Å². The molecule has 13 heteroatoms. The molecular weight excluding hydrogens is 669 g/mol. The molecule has 8 atom stereocenters. The zero-order chi connectivity index (χ0) is 35.7. The Labute approximate surface area is 288 Å². The van der Waals surface area contributed by atoms with Crippen molar-refractivity contribution in [1.82, 2.24) is 0 Å². The molecule has 2 aliphatic heterocycles. The van der Waals surface area contributed by atoms with Crippen molar-refractivity contribution in [2.75, 3.05) is 17.8 Å². The monoisotopic (exact) mass is 707 g/mol. The van der Waals surface area contributed by atoms with Crippen molar-refractivity contribution in [2.24, 2.45) is 5.92 Å². The first-order chi connectivity index (χ1) is 23.9. The Bertz CT molecular complexity index is 1910. The summed E-state index contributed by atoms with van der Waals surface area (Å²) < 4.78 is 53.1. The molecular formula is C37H38FNO10S. The molecule has 0 bridgehead atoms. The maximum atomic E-state index is 14.5. The van der Waals surface area contributed by atoms with Crippen LogP contribution in [0, 0.1) is 11.7 Å². The Hall–Kier alpha value is -4.21. The van der Waals surface area contributed by atoms with E-state index >= 15 is 0 Å². The summed E-state index contributed by atoms with van der Waals surface area (Å²) in [5, 5.41) is 52.2. The number of ether oxygens (including phenoxy) is 2. The van der Waals surface area contributed by atoms with Gasteiger partial charge < -0.3 is 39.9 Å². The first-order valence-electron chi connectivity index (χ1n) is 16.1. The van der Waals surface area contributed by atoms with Crippen LogP contribution in [0.4, 0.5) is 10.1 Å². The number of benzene rings is 4. The largest absolute Gasteiger partial charge is 0.508 e. The predicted molar refractivity (Wildman–Crippen MR) is 180 cm³/mol. The summed E-state index contributed by atoms with van der Waals surface area (Å²) in [6.45, 7) is 0. The average Bonchev–Trinajstić information content (AvgIpc) is 3.11. The summed E-state index contributed by atoms with van der Waals surface area (Å²) in [5.41, 5.74) is 2.38. The van der Waals surface area contributed by atoms with Gasteiger partial charge in [-0.05, 0) is 77.6 Å². The van der Waals surface area contributed by atoms with Crippen LogP contribution in [0.1, 0.15) is 36.1 Å². The first-order valence-corrected chi connectivity index (χ1v) is 17.7. The van der Waals surface area contributed by atoms with Crippen LogP contribution in [0.2, 0.25) is 0 Å². The highest BCUT2D eigenvalue weighted by atomic mass is 32.2. The molecule has 2 heterocycles. The number of anilines is 1. The van der Waals surface area contributed by atoms with Gasteiger partial charge in [-0.25, -0.2) is 12.8 Å². The summed E-state index contributed by atoms with van der Waals surface area (Å²) in [6, 6.07) is 24.4. The highest BCUT2D eigenvalue weighted by molar-refractivity contribution is 7.91. The van der Waals surface area contributed by atoms with Gasteiger partial charge in [0.2, 0.25) is 5.91 Å². The molecule has 0 aliphatic carbocycles. The van der Waals surface area contributed by atoms with Crippen molar-refractivity contribution in [2.45, 2.75) is 60.6 Å². The number of phenolic OH excluding ortho intramolecular Hbond substituents is 1. The number of β-lactam (4-membered cyclic amide) rings is 1. The molecule has 0 aromatic heterocycles. The second-order valence-electron chi connectivity index (χ2n) is 12.6. The number of hydrogen-bond acceptors (Lipinski definition) is 10. The number of halogens is 1. The number of sulfone groups is 1. The number of para-hydroxylation sites is 1. The Kier molecular flexibility index (Phi) is 10.4. The van der Waals surface area contributed by atoms with E-state index in [9.17, 15) is 43.1 Å². The Morgan fingerprint density at radius 1 is 0.880 bits per heavy atom. The van der Waals surface area contributed by atoms with E-state index < -0.39 is 70.2 Å². The minimum Gasteiger partial charge on any atom is -0.508 e. The molecule has 0 spiro atoms. The highest BCUT2D eigenvalue weighted by Crippen LogP contribution is 2.48. The second kappa shape index (κ2) is 14.6. The number of carbonyl (C=O) groups is 1. The van der Waals surface area contributed by atoms with Gasteiger partial charge in [-0.2, -0.15) is 0 Å². The smallest absolute Gasteiger partial charge is 0.233 e. The predicted octanol–water partition coefficient (Wildman–Crippen LogP) is 3.64. The number of aromatic hydroxyl groups is 1. The topological polar surface area (TPSA) is 174 Å². The molecule has 50 heavy (non-hydrogen) atoms. The molecule has 0 radical (unpaired) electrons. The fourth-order valence-corrected chi connectivity index (χ4v) is 8.43. The molecule has 2 fully saturated rings. The standard InChI is InChI=1S/C37H38FNO10S/c1-48-37-35(44)34(43)33(42)30(49-37)20-50(46,47)31-19-23(21-9-14-26(40)15-10-21)11-16-27(31)32-28(36(45)39(32)25-5-3-2-4-6-25)17-18-29(41)22-7-12-24(38)13-8-22/h2-16,19,28-30,32-35,37,40-44H,17-18,20H2,1H3/t28-,29+,30?,32-,33+,34-,35+,37-/m1/s1. The molecule has 5 N–H and O–H groups in total. The lowest BCUT2D eigenvalue weighted by atomic mass is 9.78. The van der Waals surface area contributed by atoms with Gasteiger partial charge in [0.25, 0.3) is 0 Å². The molecule has 1 unspecified atom stereocenters. The van der Waals surface area contributed by atoms with Crippen LogP contribution in [0.25, 0.3) is 11.1 Å². The molecule has 264 valence electrons. The third-order valence-electron chi connectivity index (χ3n) is 9.41. The van der Waals surface area contributed by atoms with E-state index in [1.807, 2.05) is 0 Å². The van der Waals surface area contributed by atoms with Crippen LogP contribution in [-0.4, -0.2) is 83.4 Å². The maximum Gasteiger partial charge on any atom is 0.233 e. The lowest BCUT2D eigenvalue weighted by molar-refractivity contribution is -0.285. The van der Waals surface area contributed by atoms with Gasteiger partial charge in [0, 0.05) is 12.8 Å². The molecule has 1 amide bonds. The average molecular weight is 708 g/mol. The van der Waals surface area contributed by atoms with Gasteiger partial charge in [0.15, 0.2) is 16.1 Å². The summed E-state index contributed by atoms with van der Waals surface area (Å²) in [4.78, 5) is 15.2. The van der Waals surface area contributed by atoms with Crippen molar-refractivity contribution >= 4 is 21.4 Å². The van der Waals surface area contributed by atoms with Crippen molar-refractivity contribution < 1.29 is 52.6 Å². The quantitative estimate of drug-likeness (QED) is 0.145. The van der Waals surface area contributed by atoms with Gasteiger partial charge in [0.05, 0.1) is 28.7 Å². The zero-order valence-electron chi connectivity index (χ0n) is 27.0. The highest BCUT2D eigenvalue weighted by Gasteiger charge is 2.51. The number of carbonyl (C=O) groups excluding carboxylic acids is 1. The number of aliphatic hydroxyl groups is 4. The molecule has 0 saturated carbocycles. The van der Waals surface area contributed by atoms with E-state index in [-0.39, 0.29) is 35.0 Å². The van der Waals surface area contributed by atoms with Gasteiger partial charge >= 0.3 is 0 Å². The Balaban J connectivity index is 1.41. The fraction of sp³-hybridized carbons (Fsp3) is 0.324. The van der Waals surface area contributed by atoms with Gasteiger partial charge in [-0.15, -0.1) is 0 Å². The van der Waals surface area contributed by atoms with Crippen LogP contribution < -0.4 is 4.90 Å². The van der Waals surface area contributed by atoms with Crippen LogP contribution in [0.3, 0.4) is 0 Å². The summed E-state index contributed by atoms with van der Waals surface area (Å²) in [6.07, 6.45) is -8.70. The van der Waals surface area contributed by atoms with E-state index in [4.69, 9.17) is 9.47 Å². The van der Waals surface area contributed by atoms with E-state index in [2.05, 4.69) is 0 Å². The Morgan fingerprint density at radius 3 is 2.20 bits per heavy atom. The van der Waals surface area contributed by atoms with Crippen molar-refractivity contribution in [3.63, 3.8) is 0 Å². The number of aliphatic hydroxyl groups excluding tert-OH is 4. The summed E-state index contributed by atoms with van der Waals surface area (Å²) in [7, 11) is -3.18. The molecule has 2 aliphatic rings. The normalized spacial score (nSPS) is 26.0. The SMILES string of the molecule is CO[C@@H]1OC(CS(=O)(=O)c2cc(-c3ccc(O)cc3)ccc2[C@@H]2[C@@H](CC[C@H](O)c3ccc(F)cc3)C(=O)N2c2ccccc2)[C@H](O)[C@@H](O)[C@@H]1O. The van der Waals surface area contributed by atoms with Gasteiger partial charge in [0.1, 0.15) is 36.0 Å². The number of rotatable bonds is 11. The summed E-state index contributed by atoms with van der Waals surface area (Å²) >= 11 is 0. The van der Waals surface area contributed by atoms with Crippen LogP contribution in [0.5, 0.6) is 5.75 Å². The lowest BCUT2D eigenvalue weighted by Crippen LogP contribution is -2.59. The fourth-order valence-electron chi connectivity index (χ4n) is 6.69. The first kappa shape index (κ1) is 35.6. The van der Waals surface area contributed by atoms with Crippen LogP contribution in [0.15, 0.2) is 102 Å². The molecule has 11 nitrogen and oxygen atoms in total. The zero-order valence-corrected chi connectivity index (χ0v) is 27.8. The minimum absolute atomic E-state index is 0.0206. The van der Waals surface area contributed by atoms with Crippen molar-refractivity contribution in [1.29, 1.82) is 0 Å². The third kappa shape index (κ3) is 7.03. The van der Waals surface area contributed by atoms with E-state index in [1.54, 1.807) is 54.6 Å². The second-order valence-corrected chi connectivity index (χ2v) is 14.6. The van der Waals surface area contributed by atoms with E-state index in [0.29, 0.717) is 22.4 Å². The third-order valence-corrected chi connectivity index (χ3v) is 11.2. The Morgan fingerprint density at radius 2 is 1.54 bits per heavy atom. The maximum absolute atomic E-state index is 14.5. The molecule has 2 saturated heterocycles. The molecule has 4 aromatic carbocycles. The van der Waals surface area contributed by atoms with Crippen molar-refractivity contribution in [3.05, 3.63) is 114 Å². The minimum atomic E-state index is -4.39.